The topological polar surface area (TPSA) is 105 Å². The summed E-state index contributed by atoms with van der Waals surface area (Å²) in [7, 11) is -3.79. The lowest BCUT2D eigenvalue weighted by molar-refractivity contribution is -0.123. The van der Waals surface area contributed by atoms with E-state index in [0.29, 0.717) is 40.6 Å². The first-order chi connectivity index (χ1) is 15.6. The number of anilines is 2. The lowest BCUT2D eigenvalue weighted by atomic mass is 9.97. The molecule has 10 heteroatoms. The van der Waals surface area contributed by atoms with Crippen LogP contribution in [-0.2, 0) is 19.6 Å². The fourth-order valence-corrected chi connectivity index (χ4v) is 5.96. The molecule has 2 aromatic carbocycles. The third kappa shape index (κ3) is 4.58. The van der Waals surface area contributed by atoms with E-state index in [1.54, 1.807) is 38.1 Å². The van der Waals surface area contributed by atoms with E-state index in [4.69, 9.17) is 16.3 Å². The standard InChI is InChI=1S/C23H26ClN3O5S/c1-13-11-19-20(32-15(3)22(28)26-19)12-21(13)33(30,31)27-9-7-16(8-10-27)23(29)25-18-6-4-5-17(24)14(18)2/h4-6,11-12,15-16H,7-10H2,1-3H3,(H,25,29)(H,26,28)/t15-/m1/s1. The van der Waals surface area contributed by atoms with Crippen LogP contribution in [0.2, 0.25) is 5.02 Å². The van der Waals surface area contributed by atoms with Gasteiger partial charge in [-0.2, -0.15) is 4.31 Å². The summed E-state index contributed by atoms with van der Waals surface area (Å²) in [5.74, 6) is -0.373. The predicted molar refractivity (Wildman–Crippen MR) is 126 cm³/mol. The van der Waals surface area contributed by atoms with Crippen LogP contribution >= 0.6 is 11.6 Å². The van der Waals surface area contributed by atoms with Gasteiger partial charge < -0.3 is 15.4 Å². The maximum absolute atomic E-state index is 13.4. The molecule has 0 aliphatic carbocycles. The molecular weight excluding hydrogens is 466 g/mol. The minimum atomic E-state index is -3.79. The van der Waals surface area contributed by atoms with E-state index in [1.807, 2.05) is 6.92 Å². The van der Waals surface area contributed by atoms with Crippen LogP contribution in [0.15, 0.2) is 35.2 Å². The van der Waals surface area contributed by atoms with Crippen molar-refractivity contribution in [3.63, 3.8) is 0 Å². The molecule has 2 N–H and O–H groups in total. The number of ether oxygens (including phenoxy) is 1. The Morgan fingerprint density at radius 1 is 1.21 bits per heavy atom. The largest absolute Gasteiger partial charge is 0.479 e. The molecular formula is C23H26ClN3O5S. The van der Waals surface area contributed by atoms with Crippen molar-refractivity contribution in [2.45, 2.75) is 44.6 Å². The predicted octanol–water partition coefficient (Wildman–Crippen LogP) is 3.72. The number of hydrogen-bond donors (Lipinski definition) is 2. The normalized spacial score (nSPS) is 19.4. The average molecular weight is 492 g/mol. The summed E-state index contributed by atoms with van der Waals surface area (Å²) < 4.78 is 33.7. The van der Waals surface area contributed by atoms with E-state index in [2.05, 4.69) is 10.6 Å². The molecule has 2 heterocycles. The molecule has 2 aliphatic rings. The molecule has 176 valence electrons. The number of rotatable bonds is 4. The van der Waals surface area contributed by atoms with Gasteiger partial charge in [0.2, 0.25) is 15.9 Å². The fraction of sp³-hybridized carbons (Fsp3) is 0.391. The number of halogens is 1. The number of nitrogens with zero attached hydrogens (tertiary/aromatic N) is 1. The van der Waals surface area contributed by atoms with Gasteiger partial charge in [0.05, 0.1) is 10.6 Å². The van der Waals surface area contributed by atoms with Crippen LogP contribution in [-0.4, -0.2) is 43.7 Å². The summed E-state index contributed by atoms with van der Waals surface area (Å²) in [4.78, 5) is 24.7. The monoisotopic (exact) mass is 491 g/mol. The minimum Gasteiger partial charge on any atom is -0.479 e. The molecule has 2 aliphatic heterocycles. The van der Waals surface area contributed by atoms with E-state index in [-0.39, 0.29) is 35.7 Å². The molecule has 1 saturated heterocycles. The summed E-state index contributed by atoms with van der Waals surface area (Å²) >= 11 is 6.13. The van der Waals surface area contributed by atoms with Gasteiger partial charge in [-0.05, 0) is 62.9 Å². The lowest BCUT2D eigenvalue weighted by Gasteiger charge is -2.31. The van der Waals surface area contributed by atoms with Gasteiger partial charge in [0.15, 0.2) is 6.10 Å². The molecule has 0 aromatic heterocycles. The van der Waals surface area contributed by atoms with Crippen LogP contribution < -0.4 is 15.4 Å². The number of hydrogen-bond acceptors (Lipinski definition) is 5. The zero-order chi connectivity index (χ0) is 23.9. The molecule has 8 nitrogen and oxygen atoms in total. The Hall–Kier alpha value is -2.62. The Balaban J connectivity index is 1.46. The number of fused-ring (bicyclic) bond motifs is 1. The number of carbonyl (C=O) groups excluding carboxylic acids is 2. The van der Waals surface area contributed by atoms with Gasteiger partial charge >= 0.3 is 0 Å². The third-order valence-corrected chi connectivity index (χ3v) is 8.63. The molecule has 2 aromatic rings. The second-order valence-electron chi connectivity index (χ2n) is 8.44. The van der Waals surface area contributed by atoms with Gasteiger partial charge in [-0.1, -0.05) is 17.7 Å². The smallest absolute Gasteiger partial charge is 0.265 e. The number of piperidine rings is 1. The van der Waals surface area contributed by atoms with Crippen LogP contribution in [0.3, 0.4) is 0 Å². The molecule has 0 radical (unpaired) electrons. The fourth-order valence-electron chi connectivity index (χ4n) is 4.10. The molecule has 4 rings (SSSR count). The van der Waals surface area contributed by atoms with E-state index in [1.165, 1.54) is 10.4 Å². The first-order valence-electron chi connectivity index (χ1n) is 10.8. The number of carbonyl (C=O) groups is 2. The van der Waals surface area contributed by atoms with Gasteiger partial charge in [0.1, 0.15) is 5.75 Å². The highest BCUT2D eigenvalue weighted by Gasteiger charge is 2.34. The van der Waals surface area contributed by atoms with E-state index >= 15 is 0 Å². The Morgan fingerprint density at radius 3 is 2.61 bits per heavy atom. The van der Waals surface area contributed by atoms with E-state index in [0.717, 1.165) is 5.56 Å². The highest BCUT2D eigenvalue weighted by atomic mass is 35.5. The zero-order valence-corrected chi connectivity index (χ0v) is 20.2. The molecule has 0 spiro atoms. The minimum absolute atomic E-state index is 0.138. The van der Waals surface area contributed by atoms with Crippen molar-refractivity contribution in [3.05, 3.63) is 46.5 Å². The number of nitrogens with one attached hydrogen (secondary N) is 2. The number of benzene rings is 2. The Labute approximate surface area is 198 Å². The second kappa shape index (κ2) is 8.96. The quantitative estimate of drug-likeness (QED) is 0.678. The van der Waals surface area contributed by atoms with Crippen molar-refractivity contribution >= 4 is 44.8 Å². The van der Waals surface area contributed by atoms with Gasteiger partial charge in [-0.25, -0.2) is 8.42 Å². The molecule has 1 atom stereocenters. The SMILES string of the molecule is Cc1cc2c(cc1S(=O)(=O)N1CCC(C(=O)Nc3cccc(Cl)c3C)CC1)O[C@H](C)C(=O)N2. The summed E-state index contributed by atoms with van der Waals surface area (Å²) in [6.07, 6.45) is 0.129. The first kappa shape index (κ1) is 23.5. The van der Waals surface area contributed by atoms with Crippen molar-refractivity contribution in [1.29, 1.82) is 0 Å². The van der Waals surface area contributed by atoms with Crippen molar-refractivity contribution in [2.24, 2.45) is 5.92 Å². The zero-order valence-electron chi connectivity index (χ0n) is 18.6. The van der Waals surface area contributed by atoms with Crippen LogP contribution in [0, 0.1) is 19.8 Å². The first-order valence-corrected chi connectivity index (χ1v) is 12.6. The molecule has 0 unspecified atom stereocenters. The highest BCUT2D eigenvalue weighted by Crippen LogP contribution is 2.36. The molecule has 0 saturated carbocycles. The molecule has 2 amide bonds. The van der Waals surface area contributed by atoms with Crippen LogP contribution in [0.1, 0.15) is 30.9 Å². The van der Waals surface area contributed by atoms with Crippen molar-refractivity contribution in [1.82, 2.24) is 4.31 Å². The molecule has 33 heavy (non-hydrogen) atoms. The number of amides is 2. The Bertz CT molecular complexity index is 1220. The Kier molecular flexibility index (Phi) is 6.39. The third-order valence-electron chi connectivity index (χ3n) is 6.18. The second-order valence-corrected chi connectivity index (χ2v) is 10.8. The maximum atomic E-state index is 13.4. The highest BCUT2D eigenvalue weighted by molar-refractivity contribution is 7.89. The van der Waals surface area contributed by atoms with Gasteiger partial charge in [0.25, 0.3) is 5.91 Å². The summed E-state index contributed by atoms with van der Waals surface area (Å²) in [5.41, 5.74) is 2.43. The van der Waals surface area contributed by atoms with E-state index in [9.17, 15) is 18.0 Å². The number of aryl methyl sites for hydroxylation is 1. The van der Waals surface area contributed by atoms with Crippen LogP contribution in [0.4, 0.5) is 11.4 Å². The van der Waals surface area contributed by atoms with Crippen molar-refractivity contribution < 1.29 is 22.7 Å². The van der Waals surface area contributed by atoms with Gasteiger partial charge in [-0.3, -0.25) is 9.59 Å². The number of sulfonamides is 1. The van der Waals surface area contributed by atoms with E-state index < -0.39 is 16.1 Å². The van der Waals surface area contributed by atoms with Crippen molar-refractivity contribution in [3.8, 4) is 5.75 Å². The van der Waals surface area contributed by atoms with Crippen molar-refractivity contribution in [2.75, 3.05) is 23.7 Å². The summed E-state index contributed by atoms with van der Waals surface area (Å²) in [5, 5.41) is 6.22. The lowest BCUT2D eigenvalue weighted by Crippen LogP contribution is -2.41. The maximum Gasteiger partial charge on any atom is 0.265 e. The van der Waals surface area contributed by atoms with Crippen LogP contribution in [0.5, 0.6) is 5.75 Å². The molecule has 1 fully saturated rings. The average Bonchev–Trinajstić information content (AvgIpc) is 2.77. The summed E-state index contributed by atoms with van der Waals surface area (Å²) in [6.45, 7) is 5.60. The van der Waals surface area contributed by atoms with Gasteiger partial charge in [-0.15, -0.1) is 0 Å². The van der Waals surface area contributed by atoms with Gasteiger partial charge in [0, 0.05) is 35.8 Å². The molecule has 0 bridgehead atoms. The summed E-state index contributed by atoms with van der Waals surface area (Å²) in [6, 6.07) is 8.41. The van der Waals surface area contributed by atoms with Crippen LogP contribution in [0.25, 0.3) is 0 Å². The Morgan fingerprint density at radius 2 is 1.91 bits per heavy atom.